The van der Waals surface area contributed by atoms with Crippen LogP contribution in [0.5, 0.6) is 0 Å². The molecule has 1 aromatic rings. The summed E-state index contributed by atoms with van der Waals surface area (Å²) in [5.74, 6) is 0.921. The Labute approximate surface area is 99.4 Å². The van der Waals surface area contributed by atoms with Crippen LogP contribution in [0.25, 0.3) is 0 Å². The second-order valence-corrected chi connectivity index (χ2v) is 4.28. The molecule has 17 heavy (non-hydrogen) atoms. The molecule has 6 heteroatoms. The number of nitrogens with zero attached hydrogens (tertiary/aromatic N) is 3. The highest BCUT2D eigenvalue weighted by Crippen LogP contribution is 2.33. The number of anilines is 1. The second-order valence-electron chi connectivity index (χ2n) is 4.28. The van der Waals surface area contributed by atoms with Gasteiger partial charge in [-0.3, -0.25) is 10.1 Å². The topological polar surface area (TPSA) is 68.5 Å². The summed E-state index contributed by atoms with van der Waals surface area (Å²) in [5, 5.41) is 11.0. The maximum absolute atomic E-state index is 11.0. The molecule has 0 bridgehead atoms. The van der Waals surface area contributed by atoms with Gasteiger partial charge in [0.1, 0.15) is 0 Å². The minimum absolute atomic E-state index is 0.114. The van der Waals surface area contributed by atoms with Crippen LogP contribution in [0, 0.1) is 23.0 Å². The molecular weight excluding hydrogens is 222 g/mol. The summed E-state index contributed by atoms with van der Waals surface area (Å²) in [4.78, 5) is 16.7. The highest BCUT2D eigenvalue weighted by molar-refractivity contribution is 5.62. The lowest BCUT2D eigenvalue weighted by atomic mass is 10.0. The van der Waals surface area contributed by atoms with Crippen LogP contribution >= 0.6 is 0 Å². The van der Waals surface area contributed by atoms with Crippen LogP contribution in [0.15, 0.2) is 12.3 Å². The zero-order valence-corrected chi connectivity index (χ0v) is 9.92. The van der Waals surface area contributed by atoms with Gasteiger partial charge in [0.25, 0.3) is 0 Å². The summed E-state index contributed by atoms with van der Waals surface area (Å²) < 4.78 is 5.05. The number of methoxy groups -OCH3 is 1. The van der Waals surface area contributed by atoms with E-state index in [1.807, 2.05) is 4.90 Å². The standard InChI is InChI=1S/C11H15N3O3/c1-8-3-4-12-11(10(8)14(15)16)13-5-9(6-13)7-17-2/h3-4,9H,5-7H2,1-2H3. The molecule has 1 aliphatic rings. The van der Waals surface area contributed by atoms with Crippen molar-refractivity contribution in [3.05, 3.63) is 27.9 Å². The summed E-state index contributed by atoms with van der Waals surface area (Å²) in [6.45, 7) is 3.96. The van der Waals surface area contributed by atoms with Crippen molar-refractivity contribution in [2.75, 3.05) is 31.7 Å². The lowest BCUT2D eigenvalue weighted by Gasteiger charge is -2.39. The number of hydrogen-bond acceptors (Lipinski definition) is 5. The van der Waals surface area contributed by atoms with Crippen molar-refractivity contribution in [2.24, 2.45) is 5.92 Å². The summed E-state index contributed by atoms with van der Waals surface area (Å²) >= 11 is 0. The SMILES string of the molecule is COCC1CN(c2nccc(C)c2[N+](=O)[O-])C1. The first-order valence-corrected chi connectivity index (χ1v) is 5.47. The highest BCUT2D eigenvalue weighted by atomic mass is 16.6. The average Bonchev–Trinajstić information content (AvgIpc) is 2.21. The Morgan fingerprint density at radius 1 is 1.65 bits per heavy atom. The van der Waals surface area contributed by atoms with E-state index in [4.69, 9.17) is 4.74 Å². The molecule has 1 aromatic heterocycles. The summed E-state index contributed by atoms with van der Waals surface area (Å²) in [5.41, 5.74) is 0.763. The van der Waals surface area contributed by atoms with Crippen LogP contribution in [0.1, 0.15) is 5.56 Å². The molecule has 0 saturated carbocycles. The number of aryl methyl sites for hydroxylation is 1. The van der Waals surface area contributed by atoms with Gasteiger partial charge in [-0.1, -0.05) is 0 Å². The zero-order valence-electron chi connectivity index (χ0n) is 9.92. The van der Waals surface area contributed by atoms with Gasteiger partial charge in [0.05, 0.1) is 11.5 Å². The first-order valence-electron chi connectivity index (χ1n) is 5.47. The lowest BCUT2D eigenvalue weighted by molar-refractivity contribution is -0.385. The predicted molar refractivity (Wildman–Crippen MR) is 63.2 cm³/mol. The predicted octanol–water partition coefficient (Wildman–Crippen LogP) is 1.38. The van der Waals surface area contributed by atoms with Gasteiger partial charge in [-0.15, -0.1) is 0 Å². The smallest absolute Gasteiger partial charge is 0.314 e. The van der Waals surface area contributed by atoms with Gasteiger partial charge in [-0.2, -0.15) is 0 Å². The fraction of sp³-hybridized carbons (Fsp3) is 0.545. The molecule has 6 nitrogen and oxygen atoms in total. The van der Waals surface area contributed by atoms with E-state index < -0.39 is 0 Å². The van der Waals surface area contributed by atoms with Gasteiger partial charge in [-0.05, 0) is 13.0 Å². The Morgan fingerprint density at radius 2 is 2.35 bits per heavy atom. The van der Waals surface area contributed by atoms with Gasteiger partial charge in [-0.25, -0.2) is 4.98 Å². The maximum Gasteiger partial charge on any atom is 0.314 e. The molecule has 1 aliphatic heterocycles. The van der Waals surface area contributed by atoms with Crippen LogP contribution in [-0.2, 0) is 4.74 Å². The molecular formula is C11H15N3O3. The van der Waals surface area contributed by atoms with Gasteiger partial charge in [0.2, 0.25) is 5.82 Å². The second kappa shape index (κ2) is 4.67. The number of hydrogen-bond donors (Lipinski definition) is 0. The first kappa shape index (κ1) is 11.8. The average molecular weight is 237 g/mol. The van der Waals surface area contributed by atoms with Crippen molar-refractivity contribution < 1.29 is 9.66 Å². The third kappa shape index (κ3) is 2.21. The van der Waals surface area contributed by atoms with E-state index in [1.165, 1.54) is 0 Å². The quantitative estimate of drug-likeness (QED) is 0.584. The highest BCUT2D eigenvalue weighted by Gasteiger charge is 2.33. The van der Waals surface area contributed by atoms with Crippen molar-refractivity contribution in [3.63, 3.8) is 0 Å². The molecule has 92 valence electrons. The maximum atomic E-state index is 11.0. The molecule has 0 amide bonds. The van der Waals surface area contributed by atoms with E-state index in [1.54, 1.807) is 26.3 Å². The van der Waals surface area contributed by atoms with Crippen molar-refractivity contribution in [3.8, 4) is 0 Å². The molecule has 2 heterocycles. The summed E-state index contributed by atoms with van der Waals surface area (Å²) in [6.07, 6.45) is 1.61. The molecule has 0 radical (unpaired) electrons. The number of nitro groups is 1. The van der Waals surface area contributed by atoms with Crippen LogP contribution in [0.4, 0.5) is 11.5 Å². The monoisotopic (exact) mass is 237 g/mol. The molecule has 2 rings (SSSR count). The summed E-state index contributed by atoms with van der Waals surface area (Å²) in [6, 6.07) is 1.66. The lowest BCUT2D eigenvalue weighted by Crippen LogP contribution is -2.49. The van der Waals surface area contributed by atoms with Crippen LogP contribution in [0.2, 0.25) is 0 Å². The Kier molecular flexibility index (Phi) is 3.23. The van der Waals surface area contributed by atoms with E-state index in [2.05, 4.69) is 4.98 Å². The zero-order chi connectivity index (χ0) is 12.4. The normalized spacial score (nSPS) is 15.8. The Hall–Kier alpha value is -1.69. The van der Waals surface area contributed by atoms with Crippen LogP contribution in [0.3, 0.4) is 0 Å². The number of rotatable bonds is 4. The minimum atomic E-state index is -0.360. The first-order chi connectivity index (χ1) is 8.13. The number of pyridine rings is 1. The Balaban J connectivity index is 2.17. The molecule has 1 fully saturated rings. The van der Waals surface area contributed by atoms with E-state index in [-0.39, 0.29) is 10.6 Å². The van der Waals surface area contributed by atoms with E-state index in [0.29, 0.717) is 23.9 Å². The van der Waals surface area contributed by atoms with Gasteiger partial charge in [0, 0.05) is 37.9 Å². The van der Waals surface area contributed by atoms with Gasteiger partial charge >= 0.3 is 5.69 Å². The molecule has 1 saturated heterocycles. The van der Waals surface area contributed by atoms with Gasteiger partial charge in [0.15, 0.2) is 0 Å². The van der Waals surface area contributed by atoms with Crippen molar-refractivity contribution >= 4 is 11.5 Å². The Bertz CT molecular complexity index is 430. The van der Waals surface area contributed by atoms with Crippen LogP contribution in [-0.4, -0.2) is 36.7 Å². The third-order valence-corrected chi connectivity index (χ3v) is 2.95. The van der Waals surface area contributed by atoms with Crippen molar-refractivity contribution in [1.29, 1.82) is 0 Å². The third-order valence-electron chi connectivity index (χ3n) is 2.95. The molecule has 0 atom stereocenters. The fourth-order valence-corrected chi connectivity index (χ4v) is 2.08. The number of ether oxygens (including phenoxy) is 1. The molecule has 0 spiro atoms. The van der Waals surface area contributed by atoms with Crippen molar-refractivity contribution in [1.82, 2.24) is 4.98 Å². The molecule has 0 unspecified atom stereocenters. The molecule has 0 aromatic carbocycles. The Morgan fingerprint density at radius 3 is 2.94 bits per heavy atom. The largest absolute Gasteiger partial charge is 0.384 e. The van der Waals surface area contributed by atoms with E-state index in [9.17, 15) is 10.1 Å². The van der Waals surface area contributed by atoms with E-state index in [0.717, 1.165) is 13.1 Å². The van der Waals surface area contributed by atoms with E-state index >= 15 is 0 Å². The molecule has 0 N–H and O–H groups in total. The van der Waals surface area contributed by atoms with Gasteiger partial charge < -0.3 is 9.64 Å². The van der Waals surface area contributed by atoms with Crippen molar-refractivity contribution in [2.45, 2.75) is 6.92 Å². The van der Waals surface area contributed by atoms with Crippen LogP contribution < -0.4 is 4.90 Å². The minimum Gasteiger partial charge on any atom is -0.384 e. The summed E-state index contributed by atoms with van der Waals surface area (Å²) in [7, 11) is 1.66. The fourth-order valence-electron chi connectivity index (χ4n) is 2.08. The molecule has 0 aliphatic carbocycles. The number of aromatic nitrogens is 1.